The molecule has 0 N–H and O–H groups in total. The van der Waals surface area contributed by atoms with Crippen LogP contribution in [0.4, 0.5) is 11.4 Å². The Bertz CT molecular complexity index is 1360. The fraction of sp³-hybridized carbons (Fsp3) is 0. The van der Waals surface area contributed by atoms with Crippen molar-refractivity contribution in [3.8, 4) is 11.5 Å². The number of hydrogen-bond acceptors (Lipinski definition) is 6. The molecule has 0 fully saturated rings. The van der Waals surface area contributed by atoms with Gasteiger partial charge in [0.05, 0.1) is 11.4 Å². The molecule has 6 nitrogen and oxygen atoms in total. The van der Waals surface area contributed by atoms with Crippen LogP contribution in [-0.4, -0.2) is 24.4 Å². The molecule has 0 aliphatic heterocycles. The lowest BCUT2D eigenvalue weighted by molar-refractivity contribution is -0.131. The van der Waals surface area contributed by atoms with Gasteiger partial charge in [-0.25, -0.2) is 9.59 Å². The molecule has 0 aliphatic carbocycles. The highest BCUT2D eigenvalue weighted by Gasteiger charge is 2.05. The van der Waals surface area contributed by atoms with Gasteiger partial charge in [0.25, 0.3) is 0 Å². The van der Waals surface area contributed by atoms with Crippen molar-refractivity contribution in [2.75, 3.05) is 0 Å². The van der Waals surface area contributed by atoms with Gasteiger partial charge in [-0.1, -0.05) is 23.2 Å². The van der Waals surface area contributed by atoms with E-state index in [0.29, 0.717) is 21.5 Å². The van der Waals surface area contributed by atoms with E-state index in [9.17, 15) is 9.59 Å². The predicted molar refractivity (Wildman–Crippen MR) is 151 cm³/mol. The normalized spacial score (nSPS) is 11.3. The van der Waals surface area contributed by atoms with Gasteiger partial charge in [-0.05, 0) is 108 Å². The molecule has 188 valence electrons. The second-order valence-electron chi connectivity index (χ2n) is 7.78. The van der Waals surface area contributed by atoms with Gasteiger partial charge in [0.1, 0.15) is 11.5 Å². The van der Waals surface area contributed by atoms with E-state index in [1.54, 1.807) is 109 Å². The number of carbonyl (C=O) groups excluding carboxylic acids is 2. The molecular formula is C30H20Cl2N2O4. The van der Waals surface area contributed by atoms with Crippen molar-refractivity contribution in [1.29, 1.82) is 0 Å². The predicted octanol–water partition coefficient (Wildman–Crippen LogP) is 7.56. The molecule has 4 aromatic rings. The van der Waals surface area contributed by atoms with E-state index in [4.69, 9.17) is 32.7 Å². The fourth-order valence-electron chi connectivity index (χ4n) is 3.03. The minimum absolute atomic E-state index is 0.326. The van der Waals surface area contributed by atoms with Gasteiger partial charge < -0.3 is 9.47 Å². The second-order valence-corrected chi connectivity index (χ2v) is 8.66. The van der Waals surface area contributed by atoms with Gasteiger partial charge in [0, 0.05) is 34.6 Å². The first-order valence-electron chi connectivity index (χ1n) is 11.3. The summed E-state index contributed by atoms with van der Waals surface area (Å²) in [5.41, 5.74) is 3.17. The summed E-state index contributed by atoms with van der Waals surface area (Å²) >= 11 is 11.7. The van der Waals surface area contributed by atoms with Crippen molar-refractivity contribution >= 4 is 58.9 Å². The molecule has 0 aromatic heterocycles. The van der Waals surface area contributed by atoms with Crippen LogP contribution in [0.25, 0.3) is 0 Å². The van der Waals surface area contributed by atoms with E-state index in [-0.39, 0.29) is 0 Å². The maximum Gasteiger partial charge on any atom is 0.336 e. The van der Waals surface area contributed by atoms with Crippen LogP contribution < -0.4 is 9.47 Å². The van der Waals surface area contributed by atoms with Crippen LogP contribution in [-0.2, 0) is 9.59 Å². The van der Waals surface area contributed by atoms with Crippen molar-refractivity contribution in [1.82, 2.24) is 0 Å². The Morgan fingerprint density at radius 3 is 1.21 bits per heavy atom. The number of halogens is 2. The molecule has 38 heavy (non-hydrogen) atoms. The van der Waals surface area contributed by atoms with Gasteiger partial charge in [0.15, 0.2) is 0 Å². The van der Waals surface area contributed by atoms with Gasteiger partial charge >= 0.3 is 11.9 Å². The molecule has 0 aliphatic rings. The standard InChI is InChI=1S/C30H20Cl2N2O4/c31-23-5-9-25(10-6-23)33-19-21-1-13-27(14-2-21)37-29(35)17-18-30(36)38-28-15-3-22(4-16-28)20-34-26-11-7-24(32)8-12-26/h1-20H/b18-17+,33-19?,34-20?. The van der Waals surface area contributed by atoms with Crippen LogP contribution in [0.2, 0.25) is 10.0 Å². The quantitative estimate of drug-likeness (QED) is 0.0995. The molecule has 0 radical (unpaired) electrons. The first kappa shape index (κ1) is 26.5. The number of esters is 2. The molecule has 4 aromatic carbocycles. The SMILES string of the molecule is O=C(/C=C/C(=O)Oc1ccc(C=Nc2ccc(Cl)cc2)cc1)Oc1ccc(C=Nc2ccc(Cl)cc2)cc1. The first-order chi connectivity index (χ1) is 18.4. The minimum atomic E-state index is -0.710. The molecule has 0 saturated carbocycles. The molecule has 0 saturated heterocycles. The third-order valence-electron chi connectivity index (χ3n) is 4.93. The summed E-state index contributed by atoms with van der Waals surface area (Å²) < 4.78 is 10.4. The third-order valence-corrected chi connectivity index (χ3v) is 5.44. The van der Waals surface area contributed by atoms with E-state index in [1.807, 2.05) is 0 Å². The maximum absolute atomic E-state index is 12.1. The first-order valence-corrected chi connectivity index (χ1v) is 12.1. The van der Waals surface area contributed by atoms with Crippen LogP contribution in [0.15, 0.2) is 119 Å². The second kappa shape index (κ2) is 13.1. The van der Waals surface area contributed by atoms with E-state index >= 15 is 0 Å². The summed E-state index contributed by atoms with van der Waals surface area (Å²) in [4.78, 5) is 32.8. The summed E-state index contributed by atoms with van der Waals surface area (Å²) in [5, 5.41) is 1.28. The van der Waals surface area contributed by atoms with E-state index in [0.717, 1.165) is 34.7 Å². The molecular weight excluding hydrogens is 523 g/mol. The molecule has 0 amide bonds. The average Bonchev–Trinajstić information content (AvgIpc) is 2.93. The maximum atomic E-state index is 12.1. The summed E-state index contributed by atoms with van der Waals surface area (Å²) in [7, 11) is 0. The molecule has 0 atom stereocenters. The molecule has 0 bridgehead atoms. The van der Waals surface area contributed by atoms with Crippen molar-refractivity contribution in [2.45, 2.75) is 0 Å². The number of aliphatic imine (C=N–C) groups is 2. The van der Waals surface area contributed by atoms with E-state index < -0.39 is 11.9 Å². The molecule has 8 heteroatoms. The number of rotatable bonds is 8. The highest BCUT2D eigenvalue weighted by Crippen LogP contribution is 2.18. The zero-order valence-electron chi connectivity index (χ0n) is 19.8. The van der Waals surface area contributed by atoms with Gasteiger partial charge in [0.2, 0.25) is 0 Å². The molecule has 0 unspecified atom stereocenters. The summed E-state index contributed by atoms with van der Waals surface area (Å²) in [6, 6.07) is 27.8. The minimum Gasteiger partial charge on any atom is -0.423 e. The van der Waals surface area contributed by atoms with Crippen LogP contribution in [0, 0.1) is 0 Å². The Labute approximate surface area is 229 Å². The summed E-state index contributed by atoms with van der Waals surface area (Å²) in [6.07, 6.45) is 5.38. The summed E-state index contributed by atoms with van der Waals surface area (Å²) in [6.45, 7) is 0. The number of hydrogen-bond donors (Lipinski definition) is 0. The van der Waals surface area contributed by atoms with Crippen molar-refractivity contribution in [3.05, 3.63) is 130 Å². The Morgan fingerprint density at radius 1 is 0.526 bits per heavy atom. The van der Waals surface area contributed by atoms with Crippen LogP contribution in [0.1, 0.15) is 11.1 Å². The Kier molecular flexibility index (Phi) is 9.18. The fourth-order valence-corrected chi connectivity index (χ4v) is 3.28. The summed E-state index contributed by atoms with van der Waals surface area (Å²) in [5.74, 6) is -0.767. The highest BCUT2D eigenvalue weighted by atomic mass is 35.5. The lowest BCUT2D eigenvalue weighted by atomic mass is 10.2. The Morgan fingerprint density at radius 2 is 0.868 bits per heavy atom. The zero-order valence-corrected chi connectivity index (χ0v) is 21.3. The molecule has 0 heterocycles. The zero-order chi connectivity index (χ0) is 26.7. The smallest absolute Gasteiger partial charge is 0.336 e. The van der Waals surface area contributed by atoms with Crippen LogP contribution >= 0.6 is 23.2 Å². The highest BCUT2D eigenvalue weighted by molar-refractivity contribution is 6.30. The third kappa shape index (κ3) is 8.55. The largest absolute Gasteiger partial charge is 0.423 e. The number of ether oxygens (including phenoxy) is 2. The topological polar surface area (TPSA) is 77.3 Å². The number of nitrogens with zero attached hydrogens (tertiary/aromatic N) is 2. The Hall–Kier alpha value is -4.52. The Balaban J connectivity index is 1.24. The average molecular weight is 543 g/mol. The van der Waals surface area contributed by atoms with E-state index in [1.165, 1.54) is 0 Å². The van der Waals surface area contributed by atoms with Gasteiger partial charge in [-0.2, -0.15) is 0 Å². The van der Waals surface area contributed by atoms with Crippen LogP contribution in [0.3, 0.4) is 0 Å². The van der Waals surface area contributed by atoms with Crippen molar-refractivity contribution in [3.63, 3.8) is 0 Å². The van der Waals surface area contributed by atoms with Crippen molar-refractivity contribution in [2.24, 2.45) is 9.98 Å². The molecule has 0 spiro atoms. The van der Waals surface area contributed by atoms with Crippen LogP contribution in [0.5, 0.6) is 11.5 Å². The lowest BCUT2D eigenvalue weighted by Crippen LogP contribution is -2.08. The monoisotopic (exact) mass is 542 g/mol. The number of carbonyl (C=O) groups is 2. The number of benzene rings is 4. The lowest BCUT2D eigenvalue weighted by Gasteiger charge is -2.03. The van der Waals surface area contributed by atoms with E-state index in [2.05, 4.69) is 9.98 Å². The van der Waals surface area contributed by atoms with Gasteiger partial charge in [-0.3, -0.25) is 9.98 Å². The van der Waals surface area contributed by atoms with Crippen molar-refractivity contribution < 1.29 is 19.1 Å². The molecule has 4 rings (SSSR count). The van der Waals surface area contributed by atoms with Gasteiger partial charge in [-0.15, -0.1) is 0 Å².